The molecule has 0 aliphatic carbocycles. The number of benzene rings is 1. The van der Waals surface area contributed by atoms with Gasteiger partial charge in [0.05, 0.1) is 12.1 Å². The highest BCUT2D eigenvalue weighted by molar-refractivity contribution is 5.87. The number of nitrogens with two attached hydrogens (primary N) is 1. The lowest BCUT2D eigenvalue weighted by molar-refractivity contribution is -0.138. The molecule has 1 aromatic carbocycles. The number of rotatable bonds is 6. The van der Waals surface area contributed by atoms with Gasteiger partial charge in [0.15, 0.2) is 0 Å². The maximum absolute atomic E-state index is 14.0. The number of primary amides is 1. The SMILES string of the molecule is NC(=O)Nc1cc(CCC(=O)O)cn(Cc2cc(C(F)(F)F)ccc2F)c1=O. The zero-order valence-corrected chi connectivity index (χ0v) is 14.2. The second kappa shape index (κ2) is 8.11. The summed E-state index contributed by atoms with van der Waals surface area (Å²) >= 11 is 0. The van der Waals surface area contributed by atoms with Crippen LogP contribution >= 0.6 is 0 Å². The number of nitrogens with one attached hydrogen (secondary N) is 1. The summed E-state index contributed by atoms with van der Waals surface area (Å²) in [5.41, 5.74) is 2.64. The van der Waals surface area contributed by atoms with E-state index in [0.717, 1.165) is 4.57 Å². The van der Waals surface area contributed by atoms with Gasteiger partial charge in [0, 0.05) is 18.2 Å². The molecule has 4 N–H and O–H groups in total. The van der Waals surface area contributed by atoms with Gasteiger partial charge in [-0.05, 0) is 36.2 Å². The lowest BCUT2D eigenvalue weighted by Gasteiger charge is -2.14. The topological polar surface area (TPSA) is 114 Å². The first-order chi connectivity index (χ1) is 13.0. The number of hydrogen-bond donors (Lipinski definition) is 3. The van der Waals surface area contributed by atoms with Crippen molar-refractivity contribution in [2.24, 2.45) is 5.73 Å². The third-order valence-electron chi connectivity index (χ3n) is 3.74. The predicted octanol–water partition coefficient (Wildman–Crippen LogP) is 2.56. The van der Waals surface area contributed by atoms with Crippen LogP contribution in [0.25, 0.3) is 0 Å². The number of aliphatic carboxylic acids is 1. The Morgan fingerprint density at radius 3 is 2.46 bits per heavy atom. The van der Waals surface area contributed by atoms with Crippen LogP contribution in [0.4, 0.5) is 28.0 Å². The Morgan fingerprint density at radius 1 is 1.21 bits per heavy atom. The van der Waals surface area contributed by atoms with Crippen molar-refractivity contribution in [2.45, 2.75) is 25.6 Å². The molecule has 2 rings (SSSR count). The van der Waals surface area contributed by atoms with E-state index in [2.05, 4.69) is 5.32 Å². The number of urea groups is 1. The van der Waals surface area contributed by atoms with Gasteiger partial charge in [-0.15, -0.1) is 0 Å². The van der Waals surface area contributed by atoms with E-state index in [9.17, 15) is 31.9 Å². The molecule has 0 saturated heterocycles. The van der Waals surface area contributed by atoms with Gasteiger partial charge in [0.2, 0.25) is 0 Å². The van der Waals surface area contributed by atoms with Crippen LogP contribution in [0.1, 0.15) is 23.1 Å². The second-order valence-electron chi connectivity index (χ2n) is 5.88. The number of aromatic nitrogens is 1. The molecule has 0 aliphatic heterocycles. The number of anilines is 1. The van der Waals surface area contributed by atoms with E-state index < -0.39 is 47.2 Å². The maximum atomic E-state index is 14.0. The van der Waals surface area contributed by atoms with Gasteiger partial charge in [-0.3, -0.25) is 9.59 Å². The van der Waals surface area contributed by atoms with Crippen molar-refractivity contribution in [2.75, 3.05) is 5.32 Å². The smallest absolute Gasteiger partial charge is 0.416 e. The fraction of sp³-hybridized carbons (Fsp3) is 0.235. The highest BCUT2D eigenvalue weighted by Crippen LogP contribution is 2.30. The number of nitrogens with zero attached hydrogens (tertiary/aromatic N) is 1. The summed E-state index contributed by atoms with van der Waals surface area (Å²) in [5.74, 6) is -2.08. The molecule has 0 fully saturated rings. The van der Waals surface area contributed by atoms with Crippen LogP contribution in [-0.2, 0) is 23.9 Å². The van der Waals surface area contributed by atoms with Crippen LogP contribution in [0.3, 0.4) is 0 Å². The zero-order valence-electron chi connectivity index (χ0n) is 14.2. The Kier molecular flexibility index (Phi) is 6.06. The minimum absolute atomic E-state index is 0.0336. The molecule has 0 saturated carbocycles. The standard InChI is InChI=1S/C17H15F4N3O4/c18-12-3-2-11(17(19,20)21)6-10(12)8-24-7-9(1-4-14(25)26)5-13(15(24)27)23-16(22)28/h2-3,5-7H,1,4,8H2,(H,25,26)(H3,22,23,28). The number of carboxylic acid groups (broad SMARTS) is 1. The van der Waals surface area contributed by atoms with E-state index in [1.807, 2.05) is 0 Å². The first-order valence-corrected chi connectivity index (χ1v) is 7.84. The fourth-order valence-corrected chi connectivity index (χ4v) is 2.48. The highest BCUT2D eigenvalue weighted by Gasteiger charge is 2.31. The molecule has 1 aromatic heterocycles. The largest absolute Gasteiger partial charge is 0.481 e. The Morgan fingerprint density at radius 2 is 1.89 bits per heavy atom. The van der Waals surface area contributed by atoms with Gasteiger partial charge < -0.3 is 20.7 Å². The summed E-state index contributed by atoms with van der Waals surface area (Å²) in [7, 11) is 0. The van der Waals surface area contributed by atoms with Crippen molar-refractivity contribution in [1.82, 2.24) is 4.57 Å². The molecule has 7 nitrogen and oxygen atoms in total. The Hall–Kier alpha value is -3.37. The summed E-state index contributed by atoms with van der Waals surface area (Å²) in [5, 5.41) is 10.8. The second-order valence-corrected chi connectivity index (χ2v) is 5.88. The van der Waals surface area contributed by atoms with Gasteiger partial charge in [0.25, 0.3) is 5.56 Å². The van der Waals surface area contributed by atoms with E-state index in [1.165, 1.54) is 12.3 Å². The van der Waals surface area contributed by atoms with E-state index in [0.29, 0.717) is 18.2 Å². The fourth-order valence-electron chi connectivity index (χ4n) is 2.48. The summed E-state index contributed by atoms with van der Waals surface area (Å²) in [6.45, 7) is -0.567. The minimum atomic E-state index is -4.70. The van der Waals surface area contributed by atoms with Gasteiger partial charge in [-0.2, -0.15) is 13.2 Å². The predicted molar refractivity (Wildman–Crippen MR) is 90.4 cm³/mol. The molecule has 0 aliphatic rings. The highest BCUT2D eigenvalue weighted by atomic mass is 19.4. The monoisotopic (exact) mass is 401 g/mol. The van der Waals surface area contributed by atoms with E-state index in [4.69, 9.17) is 10.8 Å². The summed E-state index contributed by atoms with van der Waals surface area (Å²) < 4.78 is 53.4. The molecule has 0 bridgehead atoms. The third kappa shape index (κ3) is 5.32. The number of carboxylic acids is 1. The maximum Gasteiger partial charge on any atom is 0.416 e. The number of aryl methyl sites for hydroxylation is 1. The van der Waals surface area contributed by atoms with Crippen molar-refractivity contribution in [3.05, 3.63) is 63.3 Å². The lowest BCUT2D eigenvalue weighted by Crippen LogP contribution is -2.29. The number of alkyl halides is 3. The van der Waals surface area contributed by atoms with Crippen molar-refractivity contribution < 1.29 is 32.3 Å². The Bertz CT molecular complexity index is 970. The van der Waals surface area contributed by atoms with Crippen LogP contribution < -0.4 is 16.6 Å². The zero-order chi connectivity index (χ0) is 21.1. The van der Waals surface area contributed by atoms with Crippen molar-refractivity contribution in [1.29, 1.82) is 0 Å². The molecule has 2 amide bonds. The van der Waals surface area contributed by atoms with Crippen LogP contribution in [-0.4, -0.2) is 21.7 Å². The molecule has 1 heterocycles. The quantitative estimate of drug-likeness (QED) is 0.646. The molecule has 0 atom stereocenters. The molecular formula is C17H15F4N3O4. The first kappa shape index (κ1) is 20.9. The Labute approximate surface area is 155 Å². The number of pyridine rings is 1. The van der Waals surface area contributed by atoms with Crippen LogP contribution in [0.2, 0.25) is 0 Å². The van der Waals surface area contributed by atoms with Crippen LogP contribution in [0.15, 0.2) is 35.3 Å². The third-order valence-corrected chi connectivity index (χ3v) is 3.74. The number of halogens is 4. The van der Waals surface area contributed by atoms with Gasteiger partial charge in [-0.25, -0.2) is 9.18 Å². The van der Waals surface area contributed by atoms with Crippen molar-refractivity contribution in [3.63, 3.8) is 0 Å². The van der Waals surface area contributed by atoms with Crippen molar-refractivity contribution in [3.8, 4) is 0 Å². The lowest BCUT2D eigenvalue weighted by atomic mass is 10.1. The van der Waals surface area contributed by atoms with Crippen LogP contribution in [0, 0.1) is 5.82 Å². The summed E-state index contributed by atoms with van der Waals surface area (Å²) in [6, 6.07) is 1.93. The molecule has 11 heteroatoms. The molecule has 0 radical (unpaired) electrons. The van der Waals surface area contributed by atoms with Crippen molar-refractivity contribution >= 4 is 17.7 Å². The molecule has 150 valence electrons. The summed E-state index contributed by atoms with van der Waals surface area (Å²) in [6.07, 6.45) is -3.84. The van der Waals surface area contributed by atoms with E-state index in [1.54, 1.807) is 0 Å². The number of carbonyl (C=O) groups excluding carboxylic acids is 1. The summed E-state index contributed by atoms with van der Waals surface area (Å²) in [4.78, 5) is 34.2. The average molecular weight is 401 g/mol. The van der Waals surface area contributed by atoms with Gasteiger partial charge >= 0.3 is 18.2 Å². The molecule has 2 aromatic rings. The molecule has 0 spiro atoms. The van der Waals surface area contributed by atoms with Crippen LogP contribution in [0.5, 0.6) is 0 Å². The van der Waals surface area contributed by atoms with Gasteiger partial charge in [-0.1, -0.05) is 0 Å². The number of carbonyl (C=O) groups is 2. The number of hydrogen-bond acceptors (Lipinski definition) is 3. The number of amides is 2. The molecule has 28 heavy (non-hydrogen) atoms. The first-order valence-electron chi connectivity index (χ1n) is 7.84. The normalized spacial score (nSPS) is 11.3. The van der Waals surface area contributed by atoms with E-state index >= 15 is 0 Å². The molecular weight excluding hydrogens is 386 g/mol. The van der Waals surface area contributed by atoms with E-state index in [-0.39, 0.29) is 24.1 Å². The average Bonchev–Trinajstić information content (AvgIpc) is 2.57. The Balaban J connectivity index is 2.49. The van der Waals surface area contributed by atoms with Gasteiger partial charge in [0.1, 0.15) is 11.5 Å². The minimum Gasteiger partial charge on any atom is -0.481 e. The molecule has 0 unspecified atom stereocenters.